The van der Waals surface area contributed by atoms with Crippen LogP contribution in [0.1, 0.15) is 77.5 Å². The van der Waals surface area contributed by atoms with Crippen LogP contribution in [0.15, 0.2) is 6.07 Å². The van der Waals surface area contributed by atoms with Gasteiger partial charge in [-0.3, -0.25) is 0 Å². The molecule has 0 aromatic carbocycles. The summed E-state index contributed by atoms with van der Waals surface area (Å²) >= 11 is 0. The Labute approximate surface area is 129 Å². The smallest absolute Gasteiger partial charge is 0.136 e. The van der Waals surface area contributed by atoms with Crippen molar-refractivity contribution >= 4 is 11.6 Å². The second-order valence-corrected chi connectivity index (χ2v) is 6.07. The van der Waals surface area contributed by atoms with E-state index >= 15 is 0 Å². The highest BCUT2D eigenvalue weighted by Crippen LogP contribution is 2.38. The Hall–Kier alpha value is -1.32. The van der Waals surface area contributed by atoms with Gasteiger partial charge < -0.3 is 10.6 Å². The average Bonchev–Trinajstić information content (AvgIpc) is 3.30. The van der Waals surface area contributed by atoms with E-state index < -0.39 is 0 Å². The molecular weight excluding hydrogens is 260 g/mol. The third kappa shape index (κ3) is 5.18. The monoisotopic (exact) mass is 290 g/mol. The number of nitrogens with zero attached hydrogens (tertiary/aromatic N) is 2. The fraction of sp³-hybridized carbons (Fsp3) is 0.765. The standard InChI is InChI=1S/C17H30N4/c1-4-7-9-14(8-5-2)19-16-12-15(18-6-3)20-17(21-16)13-10-11-13/h12-14H,4-11H2,1-3H3,(H2,18,19,20,21). The molecular formula is C17H30N4. The van der Waals surface area contributed by atoms with Crippen LogP contribution in [0.25, 0.3) is 0 Å². The first kappa shape index (κ1) is 16.1. The third-order valence-corrected chi connectivity index (χ3v) is 3.94. The highest BCUT2D eigenvalue weighted by atomic mass is 15.1. The minimum atomic E-state index is 0.534. The van der Waals surface area contributed by atoms with Crippen LogP contribution >= 0.6 is 0 Å². The summed E-state index contributed by atoms with van der Waals surface area (Å²) in [6.45, 7) is 7.50. The first-order valence-electron chi connectivity index (χ1n) is 8.66. The van der Waals surface area contributed by atoms with Crippen molar-refractivity contribution in [2.75, 3.05) is 17.2 Å². The molecule has 0 radical (unpaired) electrons. The number of nitrogens with one attached hydrogen (secondary N) is 2. The molecule has 1 saturated carbocycles. The van der Waals surface area contributed by atoms with Gasteiger partial charge in [0.15, 0.2) is 0 Å². The van der Waals surface area contributed by atoms with E-state index in [1.54, 1.807) is 0 Å². The summed E-state index contributed by atoms with van der Waals surface area (Å²) in [5.41, 5.74) is 0. The van der Waals surface area contributed by atoms with Crippen LogP contribution in [0.3, 0.4) is 0 Å². The number of hydrogen-bond acceptors (Lipinski definition) is 4. The zero-order chi connectivity index (χ0) is 15.1. The van der Waals surface area contributed by atoms with E-state index in [4.69, 9.17) is 4.98 Å². The highest BCUT2D eigenvalue weighted by Gasteiger charge is 2.27. The van der Waals surface area contributed by atoms with Gasteiger partial charge >= 0.3 is 0 Å². The molecule has 0 saturated heterocycles. The lowest BCUT2D eigenvalue weighted by Gasteiger charge is -2.19. The van der Waals surface area contributed by atoms with Crippen molar-refractivity contribution in [3.05, 3.63) is 11.9 Å². The number of anilines is 2. The second kappa shape index (κ2) is 8.20. The third-order valence-electron chi connectivity index (χ3n) is 3.94. The Morgan fingerprint density at radius 1 is 1.10 bits per heavy atom. The Morgan fingerprint density at radius 3 is 2.48 bits per heavy atom. The maximum Gasteiger partial charge on any atom is 0.136 e. The molecule has 0 amide bonds. The van der Waals surface area contributed by atoms with Gasteiger partial charge in [0.25, 0.3) is 0 Å². The predicted octanol–water partition coefficient (Wildman–Crippen LogP) is 4.56. The van der Waals surface area contributed by atoms with Gasteiger partial charge in [-0.25, -0.2) is 9.97 Å². The fourth-order valence-corrected chi connectivity index (χ4v) is 2.63. The molecule has 1 aliphatic carbocycles. The van der Waals surface area contributed by atoms with E-state index in [-0.39, 0.29) is 0 Å². The molecule has 1 heterocycles. The summed E-state index contributed by atoms with van der Waals surface area (Å²) in [6, 6.07) is 2.59. The van der Waals surface area contributed by atoms with Crippen molar-refractivity contribution in [3.8, 4) is 0 Å². The van der Waals surface area contributed by atoms with E-state index in [1.807, 2.05) is 0 Å². The summed E-state index contributed by atoms with van der Waals surface area (Å²) in [5.74, 6) is 3.56. The Kier molecular flexibility index (Phi) is 6.27. The molecule has 1 aromatic rings. The lowest BCUT2D eigenvalue weighted by atomic mass is 10.1. The fourth-order valence-electron chi connectivity index (χ4n) is 2.63. The van der Waals surface area contributed by atoms with Crippen molar-refractivity contribution in [1.82, 2.24) is 9.97 Å². The van der Waals surface area contributed by atoms with Gasteiger partial charge in [0.05, 0.1) is 0 Å². The molecule has 1 aromatic heterocycles. The van der Waals surface area contributed by atoms with E-state index in [9.17, 15) is 0 Å². The zero-order valence-corrected chi connectivity index (χ0v) is 13.8. The Bertz CT molecular complexity index is 429. The van der Waals surface area contributed by atoms with Crippen molar-refractivity contribution in [3.63, 3.8) is 0 Å². The van der Waals surface area contributed by atoms with Crippen molar-refractivity contribution in [2.24, 2.45) is 0 Å². The SMILES string of the molecule is CCCCC(CCC)Nc1cc(NCC)nc(C2CC2)n1. The second-order valence-electron chi connectivity index (χ2n) is 6.07. The summed E-state index contributed by atoms with van der Waals surface area (Å²) in [5, 5.41) is 6.97. The summed E-state index contributed by atoms with van der Waals surface area (Å²) in [6.07, 6.45) is 8.65. The summed E-state index contributed by atoms with van der Waals surface area (Å²) in [4.78, 5) is 9.38. The summed E-state index contributed by atoms with van der Waals surface area (Å²) < 4.78 is 0. The molecule has 1 fully saturated rings. The molecule has 2 N–H and O–H groups in total. The average molecular weight is 290 g/mol. The topological polar surface area (TPSA) is 49.8 Å². The number of hydrogen-bond donors (Lipinski definition) is 2. The van der Waals surface area contributed by atoms with Gasteiger partial charge in [-0.2, -0.15) is 0 Å². The van der Waals surface area contributed by atoms with Crippen LogP contribution in [0, 0.1) is 0 Å². The quantitative estimate of drug-likeness (QED) is 0.663. The molecule has 4 nitrogen and oxygen atoms in total. The molecule has 21 heavy (non-hydrogen) atoms. The van der Waals surface area contributed by atoms with E-state index in [1.165, 1.54) is 44.9 Å². The minimum Gasteiger partial charge on any atom is -0.370 e. The van der Waals surface area contributed by atoms with Crippen molar-refractivity contribution in [2.45, 2.75) is 77.7 Å². The van der Waals surface area contributed by atoms with Crippen molar-refractivity contribution < 1.29 is 0 Å². The van der Waals surface area contributed by atoms with Gasteiger partial charge in [0, 0.05) is 24.6 Å². The maximum absolute atomic E-state index is 4.75. The van der Waals surface area contributed by atoms with E-state index in [2.05, 4.69) is 42.5 Å². The molecule has 1 aliphatic rings. The van der Waals surface area contributed by atoms with Crippen LogP contribution in [0.5, 0.6) is 0 Å². The first-order valence-corrected chi connectivity index (χ1v) is 8.66. The molecule has 0 bridgehead atoms. The van der Waals surface area contributed by atoms with Crippen LogP contribution in [-0.2, 0) is 0 Å². The minimum absolute atomic E-state index is 0.534. The van der Waals surface area contributed by atoms with Gasteiger partial charge in [-0.1, -0.05) is 33.1 Å². The van der Waals surface area contributed by atoms with E-state index in [0.717, 1.165) is 24.0 Å². The molecule has 1 atom stereocenters. The highest BCUT2D eigenvalue weighted by molar-refractivity contribution is 5.48. The predicted molar refractivity (Wildman–Crippen MR) is 90.0 cm³/mol. The van der Waals surface area contributed by atoms with Crippen LogP contribution in [-0.4, -0.2) is 22.6 Å². The van der Waals surface area contributed by atoms with Gasteiger partial charge in [-0.15, -0.1) is 0 Å². The molecule has 4 heteroatoms. The molecule has 0 aliphatic heterocycles. The lowest BCUT2D eigenvalue weighted by molar-refractivity contribution is 0.562. The number of aromatic nitrogens is 2. The molecule has 118 valence electrons. The molecule has 1 unspecified atom stereocenters. The van der Waals surface area contributed by atoms with Gasteiger partial charge in [0.2, 0.25) is 0 Å². The molecule has 0 spiro atoms. The van der Waals surface area contributed by atoms with Crippen LogP contribution < -0.4 is 10.6 Å². The Balaban J connectivity index is 2.08. The zero-order valence-electron chi connectivity index (χ0n) is 13.8. The number of unbranched alkanes of at least 4 members (excludes halogenated alkanes) is 1. The summed E-state index contributed by atoms with van der Waals surface area (Å²) in [7, 11) is 0. The van der Waals surface area contributed by atoms with Crippen LogP contribution in [0.2, 0.25) is 0 Å². The number of rotatable bonds is 10. The van der Waals surface area contributed by atoms with Gasteiger partial charge in [0.1, 0.15) is 17.5 Å². The van der Waals surface area contributed by atoms with Crippen LogP contribution in [0.4, 0.5) is 11.6 Å². The van der Waals surface area contributed by atoms with Gasteiger partial charge in [-0.05, 0) is 32.6 Å². The first-order chi connectivity index (χ1) is 10.3. The maximum atomic E-state index is 4.75. The normalized spacial score (nSPS) is 15.8. The Morgan fingerprint density at radius 2 is 1.86 bits per heavy atom. The molecule has 2 rings (SSSR count). The van der Waals surface area contributed by atoms with E-state index in [0.29, 0.717) is 12.0 Å². The lowest BCUT2D eigenvalue weighted by Crippen LogP contribution is -2.20. The van der Waals surface area contributed by atoms with Crippen molar-refractivity contribution in [1.29, 1.82) is 0 Å². The largest absolute Gasteiger partial charge is 0.370 e.